The van der Waals surface area contributed by atoms with Crippen LogP contribution in [0, 0.1) is 11.8 Å². The molecule has 1 aliphatic carbocycles. The lowest BCUT2D eigenvalue weighted by Crippen LogP contribution is -2.26. The summed E-state index contributed by atoms with van der Waals surface area (Å²) in [5, 5.41) is 20.9. The lowest BCUT2D eigenvalue weighted by molar-refractivity contribution is -0.151. The average molecular weight is 360 g/mol. The predicted octanol–water partition coefficient (Wildman–Crippen LogP) is 3.63. The Hall–Kier alpha value is -1.39. The maximum Gasteiger partial charge on any atom is 0.306 e. The maximum absolute atomic E-state index is 11.9. The number of fused-ring (bicyclic) bond motifs is 1. The van der Waals surface area contributed by atoms with Crippen molar-refractivity contribution < 1.29 is 19.7 Å². The van der Waals surface area contributed by atoms with Crippen molar-refractivity contribution in [2.24, 2.45) is 11.8 Å². The Balaban J connectivity index is 1.50. The first-order chi connectivity index (χ1) is 12.6. The predicted molar refractivity (Wildman–Crippen MR) is 101 cm³/mol. The normalized spacial score (nSPS) is 30.6. The molecule has 1 aliphatic heterocycles. The largest absolute Gasteiger partial charge is 0.462 e. The number of carbonyl (C=O) groups excluding carboxylic acids is 1. The highest BCUT2D eigenvalue weighted by atomic mass is 16.5. The van der Waals surface area contributed by atoms with Crippen molar-refractivity contribution in [3.8, 4) is 0 Å². The molecule has 3 rings (SSSR count). The van der Waals surface area contributed by atoms with Gasteiger partial charge in [0.05, 0.1) is 12.2 Å². The van der Waals surface area contributed by atoms with Gasteiger partial charge in [-0.05, 0) is 50.0 Å². The molecule has 0 aromatic heterocycles. The molecular formula is C22H32O4. The number of ether oxygens (including phenoxy) is 1. The Labute approximate surface area is 156 Å². The summed E-state index contributed by atoms with van der Waals surface area (Å²) >= 11 is 0. The van der Waals surface area contributed by atoms with Crippen LogP contribution in [0.4, 0.5) is 0 Å². The van der Waals surface area contributed by atoms with E-state index >= 15 is 0 Å². The summed E-state index contributed by atoms with van der Waals surface area (Å²) in [5.41, 5.74) is 1.25. The molecule has 2 fully saturated rings. The third-order valence-corrected chi connectivity index (χ3v) is 6.14. The van der Waals surface area contributed by atoms with Gasteiger partial charge in [-0.1, -0.05) is 43.2 Å². The highest BCUT2D eigenvalue weighted by Gasteiger charge is 2.44. The van der Waals surface area contributed by atoms with Gasteiger partial charge in [0, 0.05) is 18.8 Å². The van der Waals surface area contributed by atoms with Gasteiger partial charge < -0.3 is 14.9 Å². The van der Waals surface area contributed by atoms with E-state index in [4.69, 9.17) is 4.74 Å². The first kappa shape index (κ1) is 19.4. The van der Waals surface area contributed by atoms with Gasteiger partial charge in [0.15, 0.2) is 0 Å². The molecule has 1 saturated heterocycles. The summed E-state index contributed by atoms with van der Waals surface area (Å²) in [5.74, 6) is 0.267. The number of rotatable bonds is 6. The molecule has 1 aromatic rings. The molecule has 0 radical (unpaired) electrons. The molecule has 1 aromatic carbocycles. The van der Waals surface area contributed by atoms with Gasteiger partial charge in [-0.3, -0.25) is 4.79 Å². The molecular weight excluding hydrogens is 328 g/mol. The second-order valence-corrected chi connectivity index (χ2v) is 8.01. The van der Waals surface area contributed by atoms with E-state index in [1.807, 2.05) is 18.2 Å². The highest BCUT2D eigenvalue weighted by molar-refractivity contribution is 5.69. The fourth-order valence-corrected chi connectivity index (χ4v) is 4.65. The maximum atomic E-state index is 11.9. The Morgan fingerprint density at radius 1 is 1.12 bits per heavy atom. The molecule has 4 nitrogen and oxygen atoms in total. The Morgan fingerprint density at radius 3 is 2.73 bits per heavy atom. The molecule has 0 spiro atoms. The van der Waals surface area contributed by atoms with Crippen LogP contribution in [-0.4, -0.2) is 34.5 Å². The van der Waals surface area contributed by atoms with E-state index in [1.54, 1.807) is 0 Å². The summed E-state index contributed by atoms with van der Waals surface area (Å²) in [4.78, 5) is 11.9. The van der Waals surface area contributed by atoms with Crippen LogP contribution in [0.1, 0.15) is 63.4 Å². The van der Waals surface area contributed by atoms with E-state index in [0.29, 0.717) is 19.3 Å². The molecule has 1 saturated carbocycles. The number of aryl methyl sites for hydroxylation is 1. The fourth-order valence-electron chi connectivity index (χ4n) is 4.65. The molecule has 2 N–H and O–H groups in total. The summed E-state index contributed by atoms with van der Waals surface area (Å²) in [6.07, 6.45) is 7.35. The Kier molecular flexibility index (Phi) is 7.09. The first-order valence-corrected chi connectivity index (χ1v) is 10.2. The number of hydrogen-bond acceptors (Lipinski definition) is 4. The van der Waals surface area contributed by atoms with E-state index in [1.165, 1.54) is 5.56 Å². The number of carbonyl (C=O) groups is 1. The summed E-state index contributed by atoms with van der Waals surface area (Å²) in [7, 11) is 0. The molecule has 144 valence electrons. The van der Waals surface area contributed by atoms with E-state index in [-0.39, 0.29) is 30.0 Å². The standard InChI is InChI=1S/C22H32O4/c23-17(12-11-16-7-3-1-4-8-16)13-14-18-19-9-5-2-6-10-22(25)26-21(19)15-20(18)24/h1,3-4,7-8,17-21,23-24H,2,5-6,9-15H2/t17-,18+,19+,20+,21-/m0/s1. The Morgan fingerprint density at radius 2 is 1.92 bits per heavy atom. The number of benzene rings is 1. The lowest BCUT2D eigenvalue weighted by atomic mass is 9.84. The molecule has 0 unspecified atom stereocenters. The number of esters is 1. The topological polar surface area (TPSA) is 66.8 Å². The summed E-state index contributed by atoms with van der Waals surface area (Å²) < 4.78 is 5.65. The second-order valence-electron chi connectivity index (χ2n) is 8.01. The molecule has 2 aliphatic rings. The van der Waals surface area contributed by atoms with Crippen LogP contribution in [0.25, 0.3) is 0 Å². The zero-order chi connectivity index (χ0) is 18.4. The van der Waals surface area contributed by atoms with Crippen LogP contribution >= 0.6 is 0 Å². The average Bonchev–Trinajstić information content (AvgIpc) is 2.96. The van der Waals surface area contributed by atoms with Crippen LogP contribution in [0.2, 0.25) is 0 Å². The molecule has 26 heavy (non-hydrogen) atoms. The van der Waals surface area contributed by atoms with Crippen LogP contribution in [0.5, 0.6) is 0 Å². The monoisotopic (exact) mass is 360 g/mol. The van der Waals surface area contributed by atoms with Crippen LogP contribution in [0.15, 0.2) is 30.3 Å². The first-order valence-electron chi connectivity index (χ1n) is 10.2. The molecule has 4 heteroatoms. The number of hydrogen-bond donors (Lipinski definition) is 2. The quantitative estimate of drug-likeness (QED) is 0.760. The zero-order valence-corrected chi connectivity index (χ0v) is 15.6. The van der Waals surface area contributed by atoms with Crippen LogP contribution in [-0.2, 0) is 16.0 Å². The number of aliphatic hydroxyl groups excluding tert-OH is 2. The van der Waals surface area contributed by atoms with Crippen molar-refractivity contribution in [2.45, 2.75) is 82.5 Å². The minimum Gasteiger partial charge on any atom is -0.462 e. The minimum atomic E-state index is -0.418. The van der Waals surface area contributed by atoms with Crippen molar-refractivity contribution in [3.63, 3.8) is 0 Å². The van der Waals surface area contributed by atoms with Gasteiger partial charge in [-0.15, -0.1) is 0 Å². The Bertz CT molecular complexity index is 559. The van der Waals surface area contributed by atoms with Gasteiger partial charge >= 0.3 is 5.97 Å². The van der Waals surface area contributed by atoms with Gasteiger partial charge in [-0.2, -0.15) is 0 Å². The smallest absolute Gasteiger partial charge is 0.306 e. The van der Waals surface area contributed by atoms with Crippen molar-refractivity contribution in [3.05, 3.63) is 35.9 Å². The van der Waals surface area contributed by atoms with Crippen molar-refractivity contribution in [1.29, 1.82) is 0 Å². The van der Waals surface area contributed by atoms with Gasteiger partial charge in [0.1, 0.15) is 6.10 Å². The zero-order valence-electron chi connectivity index (χ0n) is 15.6. The number of aliphatic hydroxyl groups is 2. The van der Waals surface area contributed by atoms with E-state index in [2.05, 4.69) is 12.1 Å². The lowest BCUT2D eigenvalue weighted by Gasteiger charge is -2.25. The van der Waals surface area contributed by atoms with Crippen molar-refractivity contribution >= 4 is 5.97 Å². The summed E-state index contributed by atoms with van der Waals surface area (Å²) in [6, 6.07) is 10.2. The van der Waals surface area contributed by atoms with E-state index in [0.717, 1.165) is 44.9 Å². The minimum absolute atomic E-state index is 0.113. The second kappa shape index (κ2) is 9.52. The van der Waals surface area contributed by atoms with Gasteiger partial charge in [0.25, 0.3) is 0 Å². The van der Waals surface area contributed by atoms with Gasteiger partial charge in [-0.25, -0.2) is 0 Å². The molecule has 0 amide bonds. The third-order valence-electron chi connectivity index (χ3n) is 6.14. The molecule has 1 heterocycles. The van der Waals surface area contributed by atoms with E-state index in [9.17, 15) is 15.0 Å². The molecule has 0 bridgehead atoms. The highest BCUT2D eigenvalue weighted by Crippen LogP contribution is 2.41. The SMILES string of the molecule is O=C1CCCCC[C@@H]2[C@@H](CC[C@@H](O)CCc3ccccc3)[C@H](O)C[C@@H]2O1. The van der Waals surface area contributed by atoms with Crippen molar-refractivity contribution in [1.82, 2.24) is 0 Å². The summed E-state index contributed by atoms with van der Waals surface area (Å²) in [6.45, 7) is 0. The van der Waals surface area contributed by atoms with Gasteiger partial charge in [0.2, 0.25) is 0 Å². The molecule has 5 atom stereocenters. The van der Waals surface area contributed by atoms with E-state index < -0.39 is 6.10 Å². The third kappa shape index (κ3) is 5.31. The van der Waals surface area contributed by atoms with Crippen LogP contribution < -0.4 is 0 Å². The van der Waals surface area contributed by atoms with Crippen molar-refractivity contribution in [2.75, 3.05) is 0 Å². The fraction of sp³-hybridized carbons (Fsp3) is 0.682. The van der Waals surface area contributed by atoms with Crippen LogP contribution in [0.3, 0.4) is 0 Å².